The van der Waals surface area contributed by atoms with Gasteiger partial charge in [-0.25, -0.2) is 8.42 Å². The molecule has 1 aromatic carbocycles. The van der Waals surface area contributed by atoms with Crippen LogP contribution in [-0.4, -0.2) is 37.1 Å². The zero-order valence-corrected chi connectivity index (χ0v) is 15.3. The molecule has 1 atom stereocenters. The van der Waals surface area contributed by atoms with Gasteiger partial charge in [-0.1, -0.05) is 56.7 Å². The van der Waals surface area contributed by atoms with E-state index in [4.69, 9.17) is 0 Å². The van der Waals surface area contributed by atoms with Crippen LogP contribution in [0.15, 0.2) is 34.3 Å². The molecule has 136 valence electrons. The van der Waals surface area contributed by atoms with Crippen LogP contribution in [0.2, 0.25) is 0 Å². The SMILES string of the molecule is CCCCCCCCN(CC(O)N=O)S(=O)(=O)c1ccc(C)cc1. The molecule has 1 N–H and O–H groups in total. The van der Waals surface area contributed by atoms with E-state index in [1.807, 2.05) is 6.92 Å². The van der Waals surface area contributed by atoms with Crippen LogP contribution in [0.4, 0.5) is 0 Å². The van der Waals surface area contributed by atoms with Crippen LogP contribution in [0.25, 0.3) is 0 Å². The van der Waals surface area contributed by atoms with Crippen molar-refractivity contribution in [3.63, 3.8) is 0 Å². The average molecular weight is 356 g/mol. The summed E-state index contributed by atoms with van der Waals surface area (Å²) in [6.07, 6.45) is 4.60. The summed E-state index contributed by atoms with van der Waals surface area (Å²) in [6, 6.07) is 6.54. The Hall–Kier alpha value is -1.31. The molecule has 0 fully saturated rings. The Morgan fingerprint density at radius 1 is 1.08 bits per heavy atom. The number of rotatable bonds is 12. The van der Waals surface area contributed by atoms with Crippen LogP contribution in [0.5, 0.6) is 0 Å². The molecule has 1 unspecified atom stereocenters. The fourth-order valence-electron chi connectivity index (χ4n) is 2.45. The minimum absolute atomic E-state index is 0.164. The van der Waals surface area contributed by atoms with Crippen molar-refractivity contribution in [1.29, 1.82) is 0 Å². The highest BCUT2D eigenvalue weighted by Gasteiger charge is 2.26. The number of benzene rings is 1. The van der Waals surface area contributed by atoms with Gasteiger partial charge in [0.2, 0.25) is 16.3 Å². The lowest BCUT2D eigenvalue weighted by molar-refractivity contribution is 0.152. The Bertz CT molecular complexity index is 587. The summed E-state index contributed by atoms with van der Waals surface area (Å²) in [7, 11) is -3.75. The molecule has 0 saturated heterocycles. The minimum atomic E-state index is -3.75. The zero-order chi connectivity index (χ0) is 18.0. The fourth-order valence-corrected chi connectivity index (χ4v) is 3.93. The van der Waals surface area contributed by atoms with Crippen LogP contribution in [0, 0.1) is 11.8 Å². The third-order valence-electron chi connectivity index (χ3n) is 3.91. The van der Waals surface area contributed by atoms with Crippen molar-refractivity contribution in [2.45, 2.75) is 63.5 Å². The van der Waals surface area contributed by atoms with Crippen LogP contribution in [0.3, 0.4) is 0 Å². The molecule has 1 aromatic rings. The van der Waals surface area contributed by atoms with Gasteiger partial charge in [-0.3, -0.25) is 0 Å². The van der Waals surface area contributed by atoms with Gasteiger partial charge in [0.25, 0.3) is 0 Å². The minimum Gasteiger partial charge on any atom is -0.368 e. The van der Waals surface area contributed by atoms with E-state index in [9.17, 15) is 18.4 Å². The molecule has 0 aromatic heterocycles. The first-order valence-corrected chi connectivity index (χ1v) is 9.93. The van der Waals surface area contributed by atoms with Crippen molar-refractivity contribution in [2.75, 3.05) is 13.1 Å². The number of unbranched alkanes of at least 4 members (excludes halogenated alkanes) is 5. The van der Waals surface area contributed by atoms with Gasteiger partial charge >= 0.3 is 0 Å². The monoisotopic (exact) mass is 356 g/mol. The normalized spacial score (nSPS) is 13.2. The highest BCUT2D eigenvalue weighted by Crippen LogP contribution is 2.18. The van der Waals surface area contributed by atoms with E-state index in [-0.39, 0.29) is 18.0 Å². The van der Waals surface area contributed by atoms with Crippen LogP contribution in [-0.2, 0) is 10.0 Å². The van der Waals surface area contributed by atoms with Crippen molar-refractivity contribution in [2.24, 2.45) is 5.18 Å². The quantitative estimate of drug-likeness (QED) is 0.459. The van der Waals surface area contributed by atoms with E-state index in [2.05, 4.69) is 12.1 Å². The molecule has 0 radical (unpaired) electrons. The number of nitroso groups, excluding NO2 is 1. The van der Waals surface area contributed by atoms with E-state index in [1.165, 1.54) is 6.42 Å². The molecule has 0 aliphatic rings. The summed E-state index contributed by atoms with van der Waals surface area (Å²) in [5.41, 5.74) is 0.964. The Morgan fingerprint density at radius 3 is 2.25 bits per heavy atom. The number of aryl methyl sites for hydroxylation is 1. The van der Waals surface area contributed by atoms with Gasteiger partial charge in [0, 0.05) is 6.54 Å². The fraction of sp³-hybridized carbons (Fsp3) is 0.647. The van der Waals surface area contributed by atoms with Crippen molar-refractivity contribution in [1.82, 2.24) is 4.31 Å². The number of sulfonamides is 1. The molecule has 0 amide bonds. The van der Waals surface area contributed by atoms with Crippen molar-refractivity contribution in [3.8, 4) is 0 Å². The summed E-state index contributed by atoms with van der Waals surface area (Å²) in [5.74, 6) is 0. The maximum atomic E-state index is 12.7. The van der Waals surface area contributed by atoms with Crippen molar-refractivity contribution < 1.29 is 13.5 Å². The summed E-state index contributed by atoms with van der Waals surface area (Å²) >= 11 is 0. The lowest BCUT2D eigenvalue weighted by Crippen LogP contribution is -2.37. The van der Waals surface area contributed by atoms with Crippen molar-refractivity contribution >= 4 is 10.0 Å². The third-order valence-corrected chi connectivity index (χ3v) is 5.79. The van der Waals surface area contributed by atoms with Crippen LogP contribution < -0.4 is 0 Å². The molecular weight excluding hydrogens is 328 g/mol. The number of hydrogen-bond donors (Lipinski definition) is 1. The van der Waals surface area contributed by atoms with Gasteiger partial charge < -0.3 is 5.11 Å². The van der Waals surface area contributed by atoms with Gasteiger partial charge in [0.15, 0.2) is 0 Å². The van der Waals surface area contributed by atoms with E-state index in [1.54, 1.807) is 24.3 Å². The lowest BCUT2D eigenvalue weighted by Gasteiger charge is -2.22. The third kappa shape index (κ3) is 6.67. The van der Waals surface area contributed by atoms with Gasteiger partial charge in [-0.15, -0.1) is 4.91 Å². The lowest BCUT2D eigenvalue weighted by atomic mass is 10.1. The first kappa shape index (κ1) is 20.7. The Kier molecular flexibility index (Phi) is 9.10. The molecule has 0 heterocycles. The van der Waals surface area contributed by atoms with Crippen LogP contribution >= 0.6 is 0 Å². The maximum Gasteiger partial charge on any atom is 0.243 e. The van der Waals surface area contributed by atoms with Gasteiger partial charge in [0.05, 0.1) is 11.4 Å². The molecule has 0 bridgehead atoms. The molecule has 0 aliphatic carbocycles. The Morgan fingerprint density at radius 2 is 1.67 bits per heavy atom. The topological polar surface area (TPSA) is 87.0 Å². The Labute approximate surface area is 144 Å². The molecule has 0 saturated carbocycles. The highest BCUT2D eigenvalue weighted by molar-refractivity contribution is 7.89. The number of hydrogen-bond acceptors (Lipinski definition) is 5. The van der Waals surface area contributed by atoms with E-state index >= 15 is 0 Å². The summed E-state index contributed by atoms with van der Waals surface area (Å²) in [4.78, 5) is 10.6. The van der Waals surface area contributed by atoms with E-state index < -0.39 is 16.3 Å². The largest absolute Gasteiger partial charge is 0.368 e. The number of aliphatic hydroxyl groups is 1. The first-order chi connectivity index (χ1) is 11.4. The summed E-state index contributed by atoms with van der Waals surface area (Å²) in [6.45, 7) is 3.98. The van der Waals surface area contributed by atoms with Gasteiger partial charge in [0.1, 0.15) is 0 Å². The van der Waals surface area contributed by atoms with E-state index in [0.29, 0.717) is 6.42 Å². The summed E-state index contributed by atoms with van der Waals surface area (Å²) in [5, 5.41) is 12.0. The second-order valence-corrected chi connectivity index (χ2v) is 7.97. The first-order valence-electron chi connectivity index (χ1n) is 8.49. The molecule has 1 rings (SSSR count). The molecule has 24 heavy (non-hydrogen) atoms. The molecular formula is C17H28N2O4S. The molecule has 0 spiro atoms. The van der Waals surface area contributed by atoms with Gasteiger partial charge in [-0.05, 0) is 30.7 Å². The van der Waals surface area contributed by atoms with Crippen molar-refractivity contribution in [3.05, 3.63) is 34.7 Å². The molecule has 0 aliphatic heterocycles. The Balaban J connectivity index is 2.76. The van der Waals surface area contributed by atoms with Crippen LogP contribution in [0.1, 0.15) is 51.0 Å². The van der Waals surface area contributed by atoms with Gasteiger partial charge in [-0.2, -0.15) is 4.31 Å². The standard InChI is InChI=1S/C17H28N2O4S/c1-3-4-5-6-7-8-13-19(14-17(20)18-21)24(22,23)16-11-9-15(2)10-12-16/h9-12,17,20H,3-8,13-14H2,1-2H3. The molecule has 6 nitrogen and oxygen atoms in total. The number of nitrogens with zero attached hydrogens (tertiary/aromatic N) is 2. The summed E-state index contributed by atoms with van der Waals surface area (Å²) < 4.78 is 26.6. The maximum absolute atomic E-state index is 12.7. The van der Waals surface area contributed by atoms with E-state index in [0.717, 1.165) is 35.6 Å². The predicted molar refractivity (Wildman–Crippen MR) is 95.1 cm³/mol. The average Bonchev–Trinajstić information content (AvgIpc) is 2.56. The zero-order valence-electron chi connectivity index (χ0n) is 14.5. The predicted octanol–water partition coefficient (Wildman–Crippen LogP) is 3.43. The second-order valence-electron chi connectivity index (χ2n) is 6.03. The smallest absolute Gasteiger partial charge is 0.243 e. The highest BCUT2D eigenvalue weighted by atomic mass is 32.2. The second kappa shape index (κ2) is 10.5. The molecule has 7 heteroatoms. The number of aliphatic hydroxyl groups excluding tert-OH is 1.